The number of fused-ring (bicyclic) bond motifs is 1. The summed E-state index contributed by atoms with van der Waals surface area (Å²) < 4.78 is 5.94. The standard InChI is InChI=1S/C29H24N4O2/c1-18-7-9-20(3)26(13-18)33-32-24-10-12-27(34)22(16-24)17-30-23-6-4-5-21(15-23)29-31-25-11-8-19(2)14-28(25)35-29/h4-17,34H,1-3H3. The fourth-order valence-corrected chi connectivity index (χ4v) is 3.66. The average Bonchev–Trinajstić information content (AvgIpc) is 3.28. The third-order valence-electron chi connectivity index (χ3n) is 5.64. The van der Waals surface area contributed by atoms with Crippen molar-refractivity contribution >= 4 is 34.4 Å². The van der Waals surface area contributed by atoms with Crippen molar-refractivity contribution in [1.82, 2.24) is 4.98 Å². The number of aromatic nitrogens is 1. The van der Waals surface area contributed by atoms with Crippen molar-refractivity contribution < 1.29 is 9.52 Å². The van der Waals surface area contributed by atoms with E-state index in [4.69, 9.17) is 4.42 Å². The van der Waals surface area contributed by atoms with Crippen LogP contribution in [0.2, 0.25) is 0 Å². The number of oxazole rings is 1. The highest BCUT2D eigenvalue weighted by Gasteiger charge is 2.09. The Morgan fingerprint density at radius 2 is 1.63 bits per heavy atom. The van der Waals surface area contributed by atoms with E-state index in [1.807, 2.05) is 81.4 Å². The van der Waals surface area contributed by atoms with Crippen LogP contribution in [0.15, 0.2) is 98.5 Å². The molecule has 172 valence electrons. The van der Waals surface area contributed by atoms with Crippen LogP contribution >= 0.6 is 0 Å². The maximum Gasteiger partial charge on any atom is 0.227 e. The first-order valence-corrected chi connectivity index (χ1v) is 11.3. The molecule has 35 heavy (non-hydrogen) atoms. The molecule has 0 aliphatic rings. The fraction of sp³-hybridized carbons (Fsp3) is 0.103. The summed E-state index contributed by atoms with van der Waals surface area (Å²) in [5.74, 6) is 0.657. The first-order valence-electron chi connectivity index (χ1n) is 11.3. The van der Waals surface area contributed by atoms with E-state index in [1.54, 1.807) is 24.4 Å². The lowest BCUT2D eigenvalue weighted by molar-refractivity contribution is 0.474. The fourth-order valence-electron chi connectivity index (χ4n) is 3.66. The molecule has 1 heterocycles. The third kappa shape index (κ3) is 5.01. The number of rotatable bonds is 5. The second-order valence-corrected chi connectivity index (χ2v) is 8.53. The van der Waals surface area contributed by atoms with Crippen LogP contribution in [-0.2, 0) is 0 Å². The minimum atomic E-state index is 0.116. The van der Waals surface area contributed by atoms with Gasteiger partial charge in [-0.05, 0) is 92.1 Å². The monoisotopic (exact) mass is 460 g/mol. The predicted octanol–water partition coefficient (Wildman–Crippen LogP) is 8.29. The highest BCUT2D eigenvalue weighted by molar-refractivity contribution is 5.87. The average molecular weight is 461 g/mol. The number of phenols is 1. The van der Waals surface area contributed by atoms with Gasteiger partial charge in [0.1, 0.15) is 11.3 Å². The highest BCUT2D eigenvalue weighted by Crippen LogP contribution is 2.29. The molecule has 6 nitrogen and oxygen atoms in total. The summed E-state index contributed by atoms with van der Waals surface area (Å²) in [4.78, 5) is 9.13. The molecule has 5 rings (SSSR count). The molecule has 0 aliphatic heterocycles. The van der Waals surface area contributed by atoms with E-state index in [9.17, 15) is 5.11 Å². The molecule has 0 aliphatic carbocycles. The number of benzene rings is 4. The summed E-state index contributed by atoms with van der Waals surface area (Å²) in [7, 11) is 0. The van der Waals surface area contributed by atoms with Gasteiger partial charge in [0.15, 0.2) is 5.58 Å². The van der Waals surface area contributed by atoms with Gasteiger partial charge in [-0.15, -0.1) is 0 Å². The SMILES string of the molecule is Cc1ccc(C)c(N=Nc2ccc(O)c(C=Nc3cccc(-c4nc5ccc(C)cc5o4)c3)c2)c1. The van der Waals surface area contributed by atoms with Crippen molar-refractivity contribution in [3.05, 3.63) is 101 Å². The van der Waals surface area contributed by atoms with Crippen molar-refractivity contribution in [3.8, 4) is 17.2 Å². The maximum atomic E-state index is 10.3. The summed E-state index contributed by atoms with van der Waals surface area (Å²) in [5.41, 5.74) is 8.39. The van der Waals surface area contributed by atoms with Crippen LogP contribution in [0.1, 0.15) is 22.3 Å². The molecule has 6 heteroatoms. The van der Waals surface area contributed by atoms with Gasteiger partial charge in [-0.3, -0.25) is 4.99 Å². The zero-order chi connectivity index (χ0) is 24.4. The van der Waals surface area contributed by atoms with Gasteiger partial charge in [-0.1, -0.05) is 24.3 Å². The van der Waals surface area contributed by atoms with Crippen molar-refractivity contribution in [2.24, 2.45) is 15.2 Å². The quantitative estimate of drug-likeness (QED) is 0.211. The van der Waals surface area contributed by atoms with Gasteiger partial charge < -0.3 is 9.52 Å². The zero-order valence-electron chi connectivity index (χ0n) is 19.7. The Morgan fingerprint density at radius 3 is 2.51 bits per heavy atom. The van der Waals surface area contributed by atoms with Crippen molar-refractivity contribution in [2.75, 3.05) is 0 Å². The molecule has 0 spiro atoms. The van der Waals surface area contributed by atoms with Crippen LogP contribution in [-0.4, -0.2) is 16.3 Å². The Morgan fingerprint density at radius 1 is 0.800 bits per heavy atom. The second kappa shape index (κ2) is 9.35. The largest absolute Gasteiger partial charge is 0.507 e. The normalized spacial score (nSPS) is 11.7. The van der Waals surface area contributed by atoms with Gasteiger partial charge in [-0.25, -0.2) is 4.98 Å². The van der Waals surface area contributed by atoms with Crippen LogP contribution in [0.4, 0.5) is 17.1 Å². The lowest BCUT2D eigenvalue weighted by Crippen LogP contribution is -1.83. The lowest BCUT2D eigenvalue weighted by Gasteiger charge is -2.02. The number of aliphatic imine (C=N–C) groups is 1. The molecule has 0 bridgehead atoms. The van der Waals surface area contributed by atoms with Crippen molar-refractivity contribution in [2.45, 2.75) is 20.8 Å². The molecule has 0 atom stereocenters. The van der Waals surface area contributed by atoms with Gasteiger partial charge >= 0.3 is 0 Å². The molecule has 0 unspecified atom stereocenters. The molecule has 0 saturated heterocycles. The summed E-state index contributed by atoms with van der Waals surface area (Å²) in [6.07, 6.45) is 1.61. The van der Waals surface area contributed by atoms with Gasteiger partial charge in [0.2, 0.25) is 5.89 Å². The smallest absolute Gasteiger partial charge is 0.227 e. The van der Waals surface area contributed by atoms with Crippen LogP contribution in [0.5, 0.6) is 5.75 Å². The highest BCUT2D eigenvalue weighted by atomic mass is 16.3. The van der Waals surface area contributed by atoms with E-state index >= 15 is 0 Å². The van der Waals surface area contributed by atoms with Gasteiger partial charge in [0.25, 0.3) is 0 Å². The topological polar surface area (TPSA) is 83.3 Å². The van der Waals surface area contributed by atoms with Crippen molar-refractivity contribution in [1.29, 1.82) is 0 Å². The molecule has 1 aromatic heterocycles. The van der Waals surface area contributed by atoms with E-state index in [-0.39, 0.29) is 5.75 Å². The van der Waals surface area contributed by atoms with Gasteiger partial charge in [0.05, 0.1) is 17.1 Å². The van der Waals surface area contributed by atoms with Crippen molar-refractivity contribution in [3.63, 3.8) is 0 Å². The van der Waals surface area contributed by atoms with E-state index in [2.05, 4.69) is 20.2 Å². The predicted molar refractivity (Wildman–Crippen MR) is 140 cm³/mol. The summed E-state index contributed by atoms with van der Waals surface area (Å²) in [5, 5.41) is 19.0. The molecule has 0 amide bonds. The number of hydrogen-bond acceptors (Lipinski definition) is 6. The minimum Gasteiger partial charge on any atom is -0.507 e. The Balaban J connectivity index is 1.39. The Bertz CT molecular complexity index is 1600. The Labute approximate surface area is 203 Å². The first kappa shape index (κ1) is 22.2. The minimum absolute atomic E-state index is 0.116. The molecular formula is C29H24N4O2. The molecule has 0 radical (unpaired) electrons. The van der Waals surface area contributed by atoms with Crippen LogP contribution in [0, 0.1) is 20.8 Å². The number of aromatic hydroxyl groups is 1. The van der Waals surface area contributed by atoms with E-state index in [0.29, 0.717) is 22.8 Å². The lowest BCUT2D eigenvalue weighted by atomic mass is 10.1. The molecular weight excluding hydrogens is 436 g/mol. The molecule has 0 saturated carbocycles. The van der Waals surface area contributed by atoms with Gasteiger partial charge in [-0.2, -0.15) is 10.2 Å². The van der Waals surface area contributed by atoms with E-state index < -0.39 is 0 Å². The molecule has 4 aromatic carbocycles. The number of nitrogens with zero attached hydrogens (tertiary/aromatic N) is 4. The first-order chi connectivity index (χ1) is 16.9. The second-order valence-electron chi connectivity index (χ2n) is 8.53. The summed E-state index contributed by atoms with van der Waals surface area (Å²) >= 11 is 0. The number of aryl methyl sites for hydroxylation is 3. The van der Waals surface area contributed by atoms with E-state index in [0.717, 1.165) is 39.0 Å². The third-order valence-corrected chi connectivity index (χ3v) is 5.64. The Hall–Kier alpha value is -4.58. The number of hydrogen-bond donors (Lipinski definition) is 1. The molecule has 0 fully saturated rings. The Kier molecular flexibility index (Phi) is 5.94. The summed E-state index contributed by atoms with van der Waals surface area (Å²) in [6.45, 7) is 6.04. The number of phenolic OH excluding ortho intramolecular Hbond substituents is 1. The maximum absolute atomic E-state index is 10.3. The van der Waals surface area contributed by atoms with Crippen LogP contribution < -0.4 is 0 Å². The molecule has 5 aromatic rings. The van der Waals surface area contributed by atoms with Crippen LogP contribution in [0.3, 0.4) is 0 Å². The molecule has 1 N–H and O–H groups in total. The van der Waals surface area contributed by atoms with E-state index in [1.165, 1.54) is 0 Å². The number of azo groups is 1. The summed E-state index contributed by atoms with van der Waals surface area (Å²) in [6, 6.07) is 24.7. The van der Waals surface area contributed by atoms with Gasteiger partial charge in [0, 0.05) is 17.3 Å². The van der Waals surface area contributed by atoms with Crippen LogP contribution in [0.25, 0.3) is 22.6 Å². The zero-order valence-corrected chi connectivity index (χ0v) is 19.7.